The van der Waals surface area contributed by atoms with Crippen molar-refractivity contribution in [2.75, 3.05) is 20.1 Å². The van der Waals surface area contributed by atoms with Gasteiger partial charge in [0.2, 0.25) is 10.0 Å². The summed E-state index contributed by atoms with van der Waals surface area (Å²) in [4.78, 5) is 13.9. The van der Waals surface area contributed by atoms with E-state index in [-0.39, 0.29) is 21.4 Å². The summed E-state index contributed by atoms with van der Waals surface area (Å²) in [7, 11) is -2.44. The molecule has 0 saturated heterocycles. The molecule has 0 heterocycles. The van der Waals surface area contributed by atoms with E-state index in [0.29, 0.717) is 6.54 Å². The van der Waals surface area contributed by atoms with Gasteiger partial charge in [-0.25, -0.2) is 13.1 Å². The second-order valence-corrected chi connectivity index (χ2v) is 8.70. The number of amides is 1. The molecule has 0 fully saturated rings. The molecule has 0 atom stereocenters. The van der Waals surface area contributed by atoms with E-state index in [1.165, 1.54) is 35.7 Å². The lowest BCUT2D eigenvalue weighted by Gasteiger charge is -2.18. The summed E-state index contributed by atoms with van der Waals surface area (Å²) in [6, 6.07) is 12.2. The maximum absolute atomic E-state index is 12.6. The third-order valence-electron chi connectivity index (χ3n) is 4.75. The molecule has 6 nitrogen and oxygen atoms in total. The Morgan fingerprint density at radius 1 is 1.07 bits per heavy atom. The van der Waals surface area contributed by atoms with Crippen molar-refractivity contribution in [2.45, 2.75) is 31.8 Å². The largest absolute Gasteiger partial charge is 0.348 e. The summed E-state index contributed by atoms with van der Waals surface area (Å²) in [6.07, 6.45) is 0. The highest BCUT2D eigenvalue weighted by molar-refractivity contribution is 7.89. The zero-order chi connectivity index (χ0) is 20.7. The number of rotatable bonds is 9. The third-order valence-corrected chi connectivity index (χ3v) is 6.65. The molecular formula is C20H27ClN3O3S+. The molecule has 3 N–H and O–H groups in total. The molecule has 0 aromatic heterocycles. The number of halogens is 1. The molecule has 2 aromatic rings. The van der Waals surface area contributed by atoms with Gasteiger partial charge in [0.1, 0.15) is 11.4 Å². The maximum Gasteiger partial charge on any atom is 0.251 e. The van der Waals surface area contributed by atoms with Crippen LogP contribution in [0.3, 0.4) is 0 Å². The quantitative estimate of drug-likeness (QED) is 0.572. The average molecular weight is 425 g/mol. The van der Waals surface area contributed by atoms with Gasteiger partial charge in [0.15, 0.2) is 0 Å². The fourth-order valence-corrected chi connectivity index (χ4v) is 4.16. The van der Waals surface area contributed by atoms with E-state index in [0.717, 1.165) is 25.2 Å². The van der Waals surface area contributed by atoms with Gasteiger partial charge in [0.25, 0.3) is 5.91 Å². The van der Waals surface area contributed by atoms with Gasteiger partial charge >= 0.3 is 0 Å². The molecule has 0 aliphatic rings. The topological polar surface area (TPSA) is 79.7 Å². The maximum atomic E-state index is 12.6. The molecule has 2 aromatic carbocycles. The first kappa shape index (κ1) is 22.4. The standard InChI is InChI=1S/C20H26ClN3O3S/c1-4-24(5-2)14-17-9-7-6-8-16(17)13-23-20(25)15-10-11-18(21)19(12-15)28(26,27)22-3/h6-12,22H,4-5,13-14H2,1-3H3,(H,23,25)/p+1. The van der Waals surface area contributed by atoms with Gasteiger partial charge in [0.05, 0.1) is 18.1 Å². The van der Waals surface area contributed by atoms with Crippen molar-refractivity contribution in [3.8, 4) is 0 Å². The second-order valence-electron chi connectivity index (χ2n) is 6.44. The third kappa shape index (κ3) is 5.54. The SMILES string of the molecule is CC[NH+](CC)Cc1ccccc1CNC(=O)c1ccc(Cl)c(S(=O)(=O)NC)c1. The number of carbonyl (C=O) groups is 1. The monoisotopic (exact) mass is 424 g/mol. The molecule has 0 bridgehead atoms. The molecule has 152 valence electrons. The smallest absolute Gasteiger partial charge is 0.251 e. The van der Waals surface area contributed by atoms with Crippen LogP contribution in [0.1, 0.15) is 35.3 Å². The van der Waals surface area contributed by atoms with Crippen molar-refractivity contribution >= 4 is 27.5 Å². The molecule has 28 heavy (non-hydrogen) atoms. The summed E-state index contributed by atoms with van der Waals surface area (Å²) in [6.45, 7) is 7.63. The molecule has 2 rings (SSSR count). The highest BCUT2D eigenvalue weighted by Crippen LogP contribution is 2.22. The van der Waals surface area contributed by atoms with Crippen molar-refractivity contribution in [3.63, 3.8) is 0 Å². The fourth-order valence-electron chi connectivity index (χ4n) is 2.91. The number of hydrogen-bond donors (Lipinski definition) is 3. The number of sulfonamides is 1. The van der Waals surface area contributed by atoms with Gasteiger partial charge in [-0.05, 0) is 44.7 Å². The number of carbonyl (C=O) groups excluding carboxylic acids is 1. The minimum absolute atomic E-state index is 0.0680. The Bertz CT molecular complexity index is 928. The Balaban J connectivity index is 2.16. The molecule has 0 spiro atoms. The zero-order valence-electron chi connectivity index (χ0n) is 16.4. The van der Waals surface area contributed by atoms with Crippen molar-refractivity contribution in [3.05, 3.63) is 64.2 Å². The molecule has 0 radical (unpaired) electrons. The summed E-state index contributed by atoms with van der Waals surface area (Å²) < 4.78 is 26.3. The second kappa shape index (κ2) is 10.0. The van der Waals surface area contributed by atoms with Crippen LogP contribution in [0.4, 0.5) is 0 Å². The lowest BCUT2D eigenvalue weighted by molar-refractivity contribution is -0.910. The van der Waals surface area contributed by atoms with Crippen LogP contribution in [-0.4, -0.2) is 34.5 Å². The number of quaternary nitrogens is 1. The van der Waals surface area contributed by atoms with Crippen molar-refractivity contribution < 1.29 is 18.1 Å². The van der Waals surface area contributed by atoms with Gasteiger partial charge in [-0.3, -0.25) is 4.79 Å². The Labute approximate surface area is 171 Å². The Kier molecular flexibility index (Phi) is 8.00. The van der Waals surface area contributed by atoms with Crippen LogP contribution in [0.25, 0.3) is 0 Å². The summed E-state index contributed by atoms with van der Waals surface area (Å²) in [5.41, 5.74) is 2.48. The van der Waals surface area contributed by atoms with Gasteiger partial charge < -0.3 is 10.2 Å². The normalized spacial score (nSPS) is 11.6. The molecule has 0 unspecified atom stereocenters. The van der Waals surface area contributed by atoms with E-state index >= 15 is 0 Å². The number of benzene rings is 2. The predicted octanol–water partition coefficient (Wildman–Crippen LogP) is 1.60. The van der Waals surface area contributed by atoms with Crippen LogP contribution in [-0.2, 0) is 23.1 Å². The van der Waals surface area contributed by atoms with E-state index in [9.17, 15) is 13.2 Å². The van der Waals surface area contributed by atoms with Crippen LogP contribution in [0, 0.1) is 0 Å². The van der Waals surface area contributed by atoms with Crippen LogP contribution in [0.15, 0.2) is 47.4 Å². The minimum atomic E-state index is -3.74. The van der Waals surface area contributed by atoms with Gasteiger partial charge in [-0.1, -0.05) is 35.9 Å². The fraction of sp³-hybridized carbons (Fsp3) is 0.350. The van der Waals surface area contributed by atoms with E-state index < -0.39 is 10.0 Å². The summed E-state index contributed by atoms with van der Waals surface area (Å²) in [5, 5.41) is 2.94. The van der Waals surface area contributed by atoms with E-state index in [1.54, 1.807) is 0 Å². The predicted molar refractivity (Wildman–Crippen MR) is 111 cm³/mol. The number of hydrogen-bond acceptors (Lipinski definition) is 3. The highest BCUT2D eigenvalue weighted by atomic mass is 35.5. The summed E-state index contributed by atoms with van der Waals surface area (Å²) >= 11 is 5.98. The first-order chi connectivity index (χ1) is 13.3. The highest BCUT2D eigenvalue weighted by Gasteiger charge is 2.18. The first-order valence-electron chi connectivity index (χ1n) is 9.24. The van der Waals surface area contributed by atoms with Crippen molar-refractivity contribution in [2.24, 2.45) is 0 Å². The molecule has 0 aliphatic carbocycles. The van der Waals surface area contributed by atoms with Crippen LogP contribution in [0.5, 0.6) is 0 Å². The Hall–Kier alpha value is -1.93. The van der Waals surface area contributed by atoms with Crippen LogP contribution in [0.2, 0.25) is 5.02 Å². The lowest BCUT2D eigenvalue weighted by atomic mass is 10.1. The van der Waals surface area contributed by atoms with Gasteiger partial charge in [0, 0.05) is 17.7 Å². The van der Waals surface area contributed by atoms with Crippen molar-refractivity contribution in [1.29, 1.82) is 0 Å². The Morgan fingerprint density at radius 3 is 2.32 bits per heavy atom. The molecular weight excluding hydrogens is 398 g/mol. The number of nitrogens with one attached hydrogen (secondary N) is 3. The van der Waals surface area contributed by atoms with E-state index in [2.05, 4.69) is 30.0 Å². The summed E-state index contributed by atoms with van der Waals surface area (Å²) in [5.74, 6) is -0.353. The van der Waals surface area contributed by atoms with Crippen molar-refractivity contribution in [1.82, 2.24) is 10.0 Å². The molecule has 0 saturated carbocycles. The van der Waals surface area contributed by atoms with Gasteiger partial charge in [-0.2, -0.15) is 0 Å². The molecule has 1 amide bonds. The molecule has 8 heteroatoms. The zero-order valence-corrected chi connectivity index (χ0v) is 18.0. The van der Waals surface area contributed by atoms with Crippen LogP contribution < -0.4 is 14.9 Å². The average Bonchev–Trinajstić information content (AvgIpc) is 2.71. The van der Waals surface area contributed by atoms with E-state index in [4.69, 9.17) is 11.6 Å². The van der Waals surface area contributed by atoms with Gasteiger partial charge in [-0.15, -0.1) is 0 Å². The van der Waals surface area contributed by atoms with Crippen LogP contribution >= 0.6 is 11.6 Å². The van der Waals surface area contributed by atoms with E-state index in [1.807, 2.05) is 18.2 Å². The minimum Gasteiger partial charge on any atom is -0.348 e. The molecule has 0 aliphatic heterocycles. The first-order valence-corrected chi connectivity index (χ1v) is 11.1. The Morgan fingerprint density at radius 2 is 1.71 bits per heavy atom. The lowest BCUT2D eigenvalue weighted by Crippen LogP contribution is -3.10.